The zero-order valence-corrected chi connectivity index (χ0v) is 14.0. The first-order chi connectivity index (χ1) is 11.6. The second kappa shape index (κ2) is 7.49. The van der Waals surface area contributed by atoms with Gasteiger partial charge in [0.15, 0.2) is 0 Å². The van der Waals surface area contributed by atoms with Crippen molar-refractivity contribution < 1.29 is 9.59 Å². The summed E-state index contributed by atoms with van der Waals surface area (Å²) in [6.07, 6.45) is 0.760. The third kappa shape index (κ3) is 4.15. The molecule has 1 fully saturated rings. The lowest BCUT2D eigenvalue weighted by Gasteiger charge is -2.16. The van der Waals surface area contributed by atoms with Gasteiger partial charge in [-0.15, -0.1) is 0 Å². The number of amides is 2. The topological polar surface area (TPSA) is 49.4 Å². The van der Waals surface area contributed by atoms with Crippen molar-refractivity contribution in [1.29, 1.82) is 0 Å². The minimum absolute atomic E-state index is 0.0529. The lowest BCUT2D eigenvalue weighted by molar-refractivity contribution is -0.121. The van der Waals surface area contributed by atoms with Gasteiger partial charge in [0.25, 0.3) is 0 Å². The van der Waals surface area contributed by atoms with Gasteiger partial charge in [0.05, 0.1) is 6.42 Å². The summed E-state index contributed by atoms with van der Waals surface area (Å²) in [4.78, 5) is 26.0. The summed E-state index contributed by atoms with van der Waals surface area (Å²) in [5.74, 6) is 0.194. The maximum absolute atomic E-state index is 12.2. The molecular weight excluding hydrogens is 324 g/mol. The second-order valence-electron chi connectivity index (χ2n) is 6.02. The van der Waals surface area contributed by atoms with Crippen LogP contribution in [-0.2, 0) is 16.0 Å². The number of benzene rings is 2. The molecule has 0 aromatic heterocycles. The zero-order chi connectivity index (χ0) is 16.9. The van der Waals surface area contributed by atoms with Crippen LogP contribution < -0.4 is 10.2 Å². The summed E-state index contributed by atoms with van der Waals surface area (Å²) in [5.41, 5.74) is 1.80. The Balaban J connectivity index is 1.50. The van der Waals surface area contributed by atoms with E-state index in [0.717, 1.165) is 11.3 Å². The van der Waals surface area contributed by atoms with Gasteiger partial charge in [0.2, 0.25) is 11.8 Å². The van der Waals surface area contributed by atoms with E-state index in [-0.39, 0.29) is 17.7 Å². The summed E-state index contributed by atoms with van der Waals surface area (Å²) in [5, 5.41) is 3.55. The van der Waals surface area contributed by atoms with Crippen molar-refractivity contribution in [2.45, 2.75) is 12.8 Å². The number of nitrogens with zero attached hydrogens (tertiary/aromatic N) is 1. The van der Waals surface area contributed by atoms with Gasteiger partial charge in [-0.05, 0) is 29.8 Å². The molecule has 1 saturated heterocycles. The fourth-order valence-corrected chi connectivity index (χ4v) is 3.14. The highest BCUT2D eigenvalue weighted by Crippen LogP contribution is 2.24. The molecule has 1 N–H and O–H groups in total. The van der Waals surface area contributed by atoms with Crippen molar-refractivity contribution in [3.8, 4) is 0 Å². The maximum Gasteiger partial charge on any atom is 0.227 e. The van der Waals surface area contributed by atoms with E-state index < -0.39 is 0 Å². The van der Waals surface area contributed by atoms with Crippen LogP contribution in [0.5, 0.6) is 0 Å². The average Bonchev–Trinajstić information content (AvgIpc) is 2.95. The number of carbonyl (C=O) groups excluding carboxylic acids is 2. The molecule has 24 heavy (non-hydrogen) atoms. The Kier molecular flexibility index (Phi) is 5.16. The molecule has 1 heterocycles. The molecule has 1 atom stereocenters. The molecule has 4 nitrogen and oxygen atoms in total. The Morgan fingerprint density at radius 2 is 1.96 bits per heavy atom. The van der Waals surface area contributed by atoms with Crippen LogP contribution in [0.2, 0.25) is 5.02 Å². The molecule has 2 aromatic carbocycles. The van der Waals surface area contributed by atoms with Crippen molar-refractivity contribution in [3.63, 3.8) is 0 Å². The van der Waals surface area contributed by atoms with Crippen LogP contribution in [-0.4, -0.2) is 24.9 Å². The number of halogens is 1. The van der Waals surface area contributed by atoms with Gasteiger partial charge in [0.1, 0.15) is 0 Å². The number of hydrogen-bond acceptors (Lipinski definition) is 2. The predicted molar refractivity (Wildman–Crippen MR) is 95.1 cm³/mol. The Bertz CT molecular complexity index is 733. The summed E-state index contributed by atoms with van der Waals surface area (Å²) in [6, 6.07) is 16.9. The summed E-state index contributed by atoms with van der Waals surface area (Å²) >= 11 is 5.92. The van der Waals surface area contributed by atoms with E-state index in [1.54, 1.807) is 17.0 Å². The molecule has 0 radical (unpaired) electrons. The van der Waals surface area contributed by atoms with Crippen LogP contribution in [0.4, 0.5) is 5.69 Å². The van der Waals surface area contributed by atoms with Crippen LogP contribution in [0.1, 0.15) is 12.0 Å². The van der Waals surface area contributed by atoms with Crippen LogP contribution in [0, 0.1) is 5.92 Å². The van der Waals surface area contributed by atoms with Gasteiger partial charge in [-0.2, -0.15) is 0 Å². The number of anilines is 1. The van der Waals surface area contributed by atoms with Gasteiger partial charge in [-0.25, -0.2) is 0 Å². The quantitative estimate of drug-likeness (QED) is 0.908. The van der Waals surface area contributed by atoms with E-state index in [1.807, 2.05) is 42.5 Å². The fourth-order valence-electron chi connectivity index (χ4n) is 2.93. The molecule has 2 aromatic rings. The van der Waals surface area contributed by atoms with E-state index in [2.05, 4.69) is 5.32 Å². The van der Waals surface area contributed by atoms with Gasteiger partial charge in [-0.1, -0.05) is 41.9 Å². The Morgan fingerprint density at radius 1 is 1.17 bits per heavy atom. The molecule has 0 spiro atoms. The molecule has 1 aliphatic rings. The minimum atomic E-state index is -0.0529. The molecule has 124 valence electrons. The molecule has 2 amide bonds. The van der Waals surface area contributed by atoms with E-state index in [1.165, 1.54) is 0 Å². The van der Waals surface area contributed by atoms with Crippen LogP contribution in [0.3, 0.4) is 0 Å². The molecule has 0 bridgehead atoms. The third-order valence-electron chi connectivity index (χ3n) is 4.11. The molecule has 3 rings (SSSR count). The first kappa shape index (κ1) is 16.5. The zero-order valence-electron chi connectivity index (χ0n) is 13.2. The molecule has 5 heteroatoms. The average molecular weight is 343 g/mol. The van der Waals surface area contributed by atoms with Crippen LogP contribution >= 0.6 is 11.6 Å². The summed E-state index contributed by atoms with van der Waals surface area (Å²) in [6.45, 7) is 1.15. The smallest absolute Gasteiger partial charge is 0.227 e. The van der Waals surface area contributed by atoms with E-state index in [0.29, 0.717) is 31.0 Å². The standard InChI is InChI=1S/C19H19ClN2O2/c20-16-6-4-5-14(9-16)10-18(23)21-12-15-11-19(24)22(13-15)17-7-2-1-3-8-17/h1-9,15H,10-13H2,(H,21,23). The Morgan fingerprint density at radius 3 is 2.71 bits per heavy atom. The van der Waals surface area contributed by atoms with Crippen molar-refractivity contribution in [1.82, 2.24) is 5.32 Å². The van der Waals surface area contributed by atoms with Gasteiger partial charge in [0, 0.05) is 36.1 Å². The number of rotatable bonds is 5. The minimum Gasteiger partial charge on any atom is -0.355 e. The van der Waals surface area contributed by atoms with Gasteiger partial charge in [-0.3, -0.25) is 9.59 Å². The first-order valence-corrected chi connectivity index (χ1v) is 8.36. The number of hydrogen-bond donors (Lipinski definition) is 1. The first-order valence-electron chi connectivity index (χ1n) is 7.98. The fraction of sp³-hybridized carbons (Fsp3) is 0.263. The molecule has 1 aliphatic heterocycles. The van der Waals surface area contributed by atoms with Gasteiger partial charge >= 0.3 is 0 Å². The second-order valence-corrected chi connectivity index (χ2v) is 6.46. The normalized spacial score (nSPS) is 17.1. The van der Waals surface area contributed by atoms with Crippen molar-refractivity contribution in [3.05, 3.63) is 65.2 Å². The number of para-hydroxylation sites is 1. The predicted octanol–water partition coefficient (Wildman–Crippen LogP) is 3.05. The lowest BCUT2D eigenvalue weighted by atomic mass is 10.1. The lowest BCUT2D eigenvalue weighted by Crippen LogP contribution is -2.32. The number of nitrogens with one attached hydrogen (secondary N) is 1. The van der Waals surface area contributed by atoms with E-state index in [9.17, 15) is 9.59 Å². The van der Waals surface area contributed by atoms with Crippen LogP contribution in [0.25, 0.3) is 0 Å². The molecule has 1 unspecified atom stereocenters. The van der Waals surface area contributed by atoms with E-state index in [4.69, 9.17) is 11.6 Å². The molecular formula is C19H19ClN2O2. The van der Waals surface area contributed by atoms with Crippen LogP contribution in [0.15, 0.2) is 54.6 Å². The van der Waals surface area contributed by atoms with Crippen molar-refractivity contribution in [2.24, 2.45) is 5.92 Å². The maximum atomic E-state index is 12.2. The highest BCUT2D eigenvalue weighted by molar-refractivity contribution is 6.30. The Hall–Kier alpha value is -2.33. The molecule has 0 saturated carbocycles. The monoisotopic (exact) mass is 342 g/mol. The number of carbonyl (C=O) groups is 2. The molecule has 0 aliphatic carbocycles. The third-order valence-corrected chi connectivity index (χ3v) is 4.35. The largest absolute Gasteiger partial charge is 0.355 e. The highest BCUT2D eigenvalue weighted by Gasteiger charge is 2.30. The van der Waals surface area contributed by atoms with Gasteiger partial charge < -0.3 is 10.2 Å². The van der Waals surface area contributed by atoms with Crippen molar-refractivity contribution >= 4 is 29.1 Å². The SMILES string of the molecule is O=C(Cc1cccc(Cl)c1)NCC1CC(=O)N(c2ccccc2)C1. The van der Waals surface area contributed by atoms with Crippen molar-refractivity contribution in [2.75, 3.05) is 18.0 Å². The highest BCUT2D eigenvalue weighted by atomic mass is 35.5. The Labute approximate surface area is 146 Å². The van der Waals surface area contributed by atoms with E-state index >= 15 is 0 Å². The summed E-state index contributed by atoms with van der Waals surface area (Å²) < 4.78 is 0. The summed E-state index contributed by atoms with van der Waals surface area (Å²) in [7, 11) is 0.